The Bertz CT molecular complexity index is 604. The Hall–Kier alpha value is -1.11. The summed E-state index contributed by atoms with van der Waals surface area (Å²) in [5.74, 6) is 0.844. The molecule has 21 heavy (non-hydrogen) atoms. The van der Waals surface area contributed by atoms with Crippen LogP contribution in [0.1, 0.15) is 24.5 Å². The zero-order valence-corrected chi connectivity index (χ0v) is 13.8. The van der Waals surface area contributed by atoms with E-state index in [1.807, 2.05) is 20.8 Å². The molecule has 1 aromatic rings. The van der Waals surface area contributed by atoms with Crippen LogP contribution < -0.4 is 4.74 Å². The van der Waals surface area contributed by atoms with Gasteiger partial charge in [0.2, 0.25) is 10.0 Å². The molecule has 2 atom stereocenters. The Balaban J connectivity index is 2.36. The molecule has 0 saturated carbocycles. The lowest BCUT2D eigenvalue weighted by atomic mass is 9.98. The van der Waals surface area contributed by atoms with E-state index in [1.165, 1.54) is 4.31 Å². The van der Waals surface area contributed by atoms with Gasteiger partial charge in [-0.2, -0.15) is 4.31 Å². The van der Waals surface area contributed by atoms with Crippen LogP contribution in [-0.4, -0.2) is 44.1 Å². The van der Waals surface area contributed by atoms with Gasteiger partial charge in [-0.25, -0.2) is 8.42 Å². The zero-order valence-electron chi connectivity index (χ0n) is 13.0. The Morgan fingerprint density at radius 3 is 2.33 bits per heavy atom. The van der Waals surface area contributed by atoms with E-state index in [1.54, 1.807) is 19.2 Å². The minimum Gasteiger partial charge on any atom is -0.496 e. The lowest BCUT2D eigenvalue weighted by molar-refractivity contribution is 0.0605. The van der Waals surface area contributed by atoms with Crippen LogP contribution in [-0.2, 0) is 10.0 Å². The van der Waals surface area contributed by atoms with Gasteiger partial charge in [0.25, 0.3) is 0 Å². The average Bonchev–Trinajstić information content (AvgIpc) is 2.41. The van der Waals surface area contributed by atoms with Crippen LogP contribution in [0.15, 0.2) is 17.0 Å². The van der Waals surface area contributed by atoms with Gasteiger partial charge in [0.15, 0.2) is 0 Å². The van der Waals surface area contributed by atoms with E-state index in [0.29, 0.717) is 18.7 Å². The highest BCUT2D eigenvalue weighted by molar-refractivity contribution is 7.89. The number of hydrogen-bond acceptors (Lipinski definition) is 4. The normalized spacial score (nSPS) is 24.0. The van der Waals surface area contributed by atoms with Crippen LogP contribution in [0.2, 0.25) is 0 Å². The smallest absolute Gasteiger partial charge is 0.243 e. The van der Waals surface area contributed by atoms with Gasteiger partial charge >= 0.3 is 0 Å². The molecule has 1 N–H and O–H groups in total. The van der Waals surface area contributed by atoms with Crippen molar-refractivity contribution in [2.24, 2.45) is 5.92 Å². The highest BCUT2D eigenvalue weighted by atomic mass is 32.2. The van der Waals surface area contributed by atoms with Gasteiger partial charge < -0.3 is 9.84 Å². The maximum atomic E-state index is 12.7. The first kappa shape index (κ1) is 16.3. The number of aliphatic hydroxyl groups excluding tert-OH is 1. The summed E-state index contributed by atoms with van der Waals surface area (Å²) in [5, 5.41) is 9.92. The van der Waals surface area contributed by atoms with Crippen LogP contribution in [0.5, 0.6) is 5.75 Å². The predicted octanol–water partition coefficient (Wildman–Crippen LogP) is 1.70. The number of sulfonamides is 1. The summed E-state index contributed by atoms with van der Waals surface area (Å²) in [7, 11) is -2.00. The third-order valence-electron chi connectivity index (χ3n) is 4.16. The van der Waals surface area contributed by atoms with Crippen molar-refractivity contribution in [2.45, 2.75) is 38.2 Å². The molecule has 1 aliphatic rings. The van der Waals surface area contributed by atoms with Crippen molar-refractivity contribution in [2.75, 3.05) is 20.2 Å². The minimum absolute atomic E-state index is 0.135. The van der Waals surface area contributed by atoms with E-state index in [-0.39, 0.29) is 17.4 Å². The Morgan fingerprint density at radius 2 is 1.86 bits per heavy atom. The van der Waals surface area contributed by atoms with Crippen LogP contribution >= 0.6 is 0 Å². The number of benzene rings is 1. The molecule has 0 spiro atoms. The summed E-state index contributed by atoms with van der Waals surface area (Å²) in [6, 6.07) is 3.26. The van der Waals surface area contributed by atoms with Gasteiger partial charge in [-0.3, -0.25) is 0 Å². The number of piperidine rings is 1. The maximum absolute atomic E-state index is 12.7. The van der Waals surface area contributed by atoms with Crippen molar-refractivity contribution in [1.29, 1.82) is 0 Å². The van der Waals surface area contributed by atoms with E-state index < -0.39 is 16.1 Å². The third kappa shape index (κ3) is 3.07. The Morgan fingerprint density at radius 1 is 1.29 bits per heavy atom. The minimum atomic E-state index is -3.57. The molecule has 2 rings (SSSR count). The molecule has 1 heterocycles. The second-order valence-corrected chi connectivity index (χ2v) is 7.72. The highest BCUT2D eigenvalue weighted by Crippen LogP contribution is 2.29. The molecule has 1 saturated heterocycles. The maximum Gasteiger partial charge on any atom is 0.243 e. The topological polar surface area (TPSA) is 66.8 Å². The molecule has 0 radical (unpaired) electrons. The largest absolute Gasteiger partial charge is 0.496 e. The molecule has 0 amide bonds. The number of aryl methyl sites for hydroxylation is 2. The Kier molecular flexibility index (Phi) is 4.60. The number of aliphatic hydroxyl groups is 1. The first-order valence-electron chi connectivity index (χ1n) is 7.10. The highest BCUT2D eigenvalue weighted by Gasteiger charge is 2.33. The van der Waals surface area contributed by atoms with Gasteiger partial charge in [0, 0.05) is 13.1 Å². The van der Waals surface area contributed by atoms with Crippen molar-refractivity contribution < 1.29 is 18.3 Å². The number of nitrogens with zero attached hydrogens (tertiary/aromatic N) is 1. The molecule has 1 aliphatic heterocycles. The third-order valence-corrected chi connectivity index (χ3v) is 6.00. The molecule has 0 bridgehead atoms. The molecule has 1 fully saturated rings. The first-order valence-corrected chi connectivity index (χ1v) is 8.55. The van der Waals surface area contributed by atoms with Crippen LogP contribution in [0.4, 0.5) is 0 Å². The molecule has 0 unspecified atom stereocenters. The van der Waals surface area contributed by atoms with E-state index in [2.05, 4.69) is 0 Å². The van der Waals surface area contributed by atoms with Gasteiger partial charge in [0.05, 0.1) is 18.1 Å². The lowest BCUT2D eigenvalue weighted by Crippen LogP contribution is -2.45. The summed E-state index contributed by atoms with van der Waals surface area (Å²) >= 11 is 0. The number of methoxy groups -OCH3 is 1. The second-order valence-electron chi connectivity index (χ2n) is 5.79. The molecule has 6 heteroatoms. The molecular weight excluding hydrogens is 290 g/mol. The SMILES string of the molecule is COc1c(C)cc(S(=O)(=O)N2CC[C@@H](C)[C@H](O)C2)cc1C. The Labute approximate surface area is 126 Å². The van der Waals surface area contributed by atoms with Crippen molar-refractivity contribution >= 4 is 10.0 Å². The fraction of sp³-hybridized carbons (Fsp3) is 0.600. The van der Waals surface area contributed by atoms with Crippen LogP contribution in [0, 0.1) is 19.8 Å². The number of β-amino-alcohol motifs (C(OH)–C–C–N with tert-alkyl or cyclic N) is 1. The summed E-state index contributed by atoms with van der Waals surface area (Å²) in [6.07, 6.45) is 0.0723. The predicted molar refractivity (Wildman–Crippen MR) is 81.0 cm³/mol. The average molecular weight is 313 g/mol. The van der Waals surface area contributed by atoms with E-state index in [9.17, 15) is 13.5 Å². The van der Waals surface area contributed by atoms with Gasteiger partial charge in [-0.15, -0.1) is 0 Å². The molecule has 1 aromatic carbocycles. The lowest BCUT2D eigenvalue weighted by Gasteiger charge is -2.33. The van der Waals surface area contributed by atoms with E-state index in [4.69, 9.17) is 4.74 Å². The summed E-state index contributed by atoms with van der Waals surface area (Å²) in [5.41, 5.74) is 1.59. The molecule has 118 valence electrons. The van der Waals surface area contributed by atoms with Crippen LogP contribution in [0.3, 0.4) is 0 Å². The monoisotopic (exact) mass is 313 g/mol. The first-order chi connectivity index (χ1) is 9.77. The fourth-order valence-corrected chi connectivity index (χ4v) is 4.41. The zero-order chi connectivity index (χ0) is 15.8. The van der Waals surface area contributed by atoms with Crippen molar-refractivity contribution in [3.63, 3.8) is 0 Å². The summed E-state index contributed by atoms with van der Waals surface area (Å²) < 4.78 is 32.1. The van der Waals surface area contributed by atoms with E-state index in [0.717, 1.165) is 11.1 Å². The van der Waals surface area contributed by atoms with Gasteiger partial charge in [-0.05, 0) is 49.4 Å². The molecule has 0 aromatic heterocycles. The quantitative estimate of drug-likeness (QED) is 0.922. The van der Waals surface area contributed by atoms with Gasteiger partial charge in [0.1, 0.15) is 5.75 Å². The number of ether oxygens (including phenoxy) is 1. The second kappa shape index (κ2) is 5.94. The van der Waals surface area contributed by atoms with Gasteiger partial charge in [-0.1, -0.05) is 6.92 Å². The molecular formula is C15H23NO4S. The van der Waals surface area contributed by atoms with Crippen molar-refractivity contribution in [3.05, 3.63) is 23.3 Å². The summed E-state index contributed by atoms with van der Waals surface area (Å²) in [6.45, 7) is 6.21. The summed E-state index contributed by atoms with van der Waals surface area (Å²) in [4.78, 5) is 0.264. The standard InChI is InChI=1S/C15H23NO4S/c1-10-5-6-16(9-14(10)17)21(18,19)13-7-11(2)15(20-4)12(3)8-13/h7-8,10,14,17H,5-6,9H2,1-4H3/t10-,14-/m1/s1. The van der Waals surface area contributed by atoms with Crippen molar-refractivity contribution in [1.82, 2.24) is 4.31 Å². The number of rotatable bonds is 3. The number of hydrogen-bond donors (Lipinski definition) is 1. The van der Waals surface area contributed by atoms with Crippen molar-refractivity contribution in [3.8, 4) is 5.75 Å². The van der Waals surface area contributed by atoms with Crippen LogP contribution in [0.25, 0.3) is 0 Å². The molecule has 0 aliphatic carbocycles. The fourth-order valence-electron chi connectivity index (χ4n) is 2.77. The van der Waals surface area contributed by atoms with E-state index >= 15 is 0 Å². The molecule has 5 nitrogen and oxygen atoms in total.